The second-order valence-electron chi connectivity index (χ2n) is 5.51. The maximum absolute atomic E-state index is 5.20. The molecule has 0 aliphatic rings. The molecule has 0 radical (unpaired) electrons. The van der Waals surface area contributed by atoms with Crippen LogP contribution < -0.4 is 10.7 Å². The molecule has 0 saturated carbocycles. The number of nitrogens with zero attached hydrogens (tertiary/aromatic N) is 1. The summed E-state index contributed by atoms with van der Waals surface area (Å²) in [5.41, 5.74) is 7.34. The highest BCUT2D eigenvalue weighted by Gasteiger charge is 1.98. The van der Waals surface area contributed by atoms with Gasteiger partial charge in [0.05, 0.1) is 6.21 Å². The molecule has 2 aromatic rings. The third kappa shape index (κ3) is 4.97. The van der Waals surface area contributed by atoms with Crippen LogP contribution in [-0.2, 0) is 0 Å². The Morgan fingerprint density at radius 1 is 1.05 bits per heavy atom. The smallest absolute Gasteiger partial charge is 0.191 e. The molecule has 0 atom stereocenters. The van der Waals surface area contributed by atoms with Gasteiger partial charge in [0.25, 0.3) is 0 Å². The third-order valence-corrected chi connectivity index (χ3v) is 3.49. The summed E-state index contributed by atoms with van der Waals surface area (Å²) < 4.78 is 0. The van der Waals surface area contributed by atoms with Gasteiger partial charge in [0.1, 0.15) is 0 Å². The predicted octanol–water partition coefficient (Wildman–Crippen LogP) is 4.44. The minimum Gasteiger partial charge on any atom is -0.331 e. The maximum Gasteiger partial charge on any atom is 0.191 e. The lowest BCUT2D eigenvalue weighted by molar-refractivity contribution is 0.866. The molecule has 0 spiro atoms. The number of hydrazone groups is 1. The van der Waals surface area contributed by atoms with Crippen molar-refractivity contribution < 1.29 is 0 Å². The van der Waals surface area contributed by atoms with E-state index in [1.807, 2.05) is 24.3 Å². The van der Waals surface area contributed by atoms with Crippen molar-refractivity contribution >= 4 is 29.2 Å². The number of anilines is 1. The molecule has 0 bridgehead atoms. The number of hydrogen-bond donors (Lipinski definition) is 2. The molecule has 114 valence electrons. The summed E-state index contributed by atoms with van der Waals surface area (Å²) in [5, 5.41) is 7.71. The van der Waals surface area contributed by atoms with E-state index in [2.05, 4.69) is 60.9 Å². The van der Waals surface area contributed by atoms with E-state index in [-0.39, 0.29) is 0 Å². The molecule has 0 fully saturated rings. The fourth-order valence-corrected chi connectivity index (χ4v) is 2.10. The predicted molar refractivity (Wildman–Crippen MR) is 98.7 cm³/mol. The van der Waals surface area contributed by atoms with Crippen molar-refractivity contribution in [2.24, 2.45) is 5.10 Å². The average Bonchev–Trinajstić information content (AvgIpc) is 2.50. The van der Waals surface area contributed by atoms with Crippen LogP contribution in [0.25, 0.3) is 0 Å². The Balaban J connectivity index is 1.86. The van der Waals surface area contributed by atoms with E-state index < -0.39 is 0 Å². The molecule has 0 saturated heterocycles. The monoisotopic (exact) mass is 311 g/mol. The van der Waals surface area contributed by atoms with Crippen LogP contribution in [0.5, 0.6) is 0 Å². The van der Waals surface area contributed by atoms with E-state index in [0.717, 1.165) is 11.3 Å². The minimum absolute atomic E-state index is 0.471. The van der Waals surface area contributed by atoms with E-state index in [0.29, 0.717) is 11.0 Å². The van der Waals surface area contributed by atoms with Gasteiger partial charge in [-0.25, -0.2) is 0 Å². The Hall–Kier alpha value is -2.20. The lowest BCUT2D eigenvalue weighted by Gasteiger charge is -2.07. The first-order chi connectivity index (χ1) is 10.5. The van der Waals surface area contributed by atoms with Crippen molar-refractivity contribution in [3.8, 4) is 0 Å². The summed E-state index contributed by atoms with van der Waals surface area (Å²) in [6, 6.07) is 16.4. The van der Waals surface area contributed by atoms with Crippen LogP contribution in [0.15, 0.2) is 53.6 Å². The second-order valence-corrected chi connectivity index (χ2v) is 5.92. The lowest BCUT2D eigenvalue weighted by atomic mass is 10.0. The normalized spacial score (nSPS) is 10.9. The van der Waals surface area contributed by atoms with Crippen LogP contribution in [0.4, 0.5) is 5.69 Å². The van der Waals surface area contributed by atoms with Crippen LogP contribution in [0.3, 0.4) is 0 Å². The molecule has 22 heavy (non-hydrogen) atoms. The quantitative estimate of drug-likeness (QED) is 0.498. The van der Waals surface area contributed by atoms with Crippen molar-refractivity contribution in [3.05, 3.63) is 65.2 Å². The van der Waals surface area contributed by atoms with E-state index >= 15 is 0 Å². The highest BCUT2D eigenvalue weighted by atomic mass is 32.1. The Bertz CT molecular complexity index is 643. The number of rotatable bonds is 4. The fraction of sp³-hybridized carbons (Fsp3) is 0.222. The molecule has 2 rings (SSSR count). The Morgan fingerprint density at radius 3 is 2.27 bits per heavy atom. The summed E-state index contributed by atoms with van der Waals surface area (Å²) in [4.78, 5) is 0. The summed E-state index contributed by atoms with van der Waals surface area (Å²) in [6.07, 6.45) is 1.76. The zero-order valence-electron chi connectivity index (χ0n) is 13.1. The molecular weight excluding hydrogens is 290 g/mol. The van der Waals surface area contributed by atoms with Gasteiger partial charge in [-0.3, -0.25) is 5.43 Å². The summed E-state index contributed by atoms with van der Waals surface area (Å²) in [7, 11) is 0. The van der Waals surface area contributed by atoms with Gasteiger partial charge in [-0.1, -0.05) is 55.8 Å². The first kappa shape index (κ1) is 16.2. The van der Waals surface area contributed by atoms with Crippen molar-refractivity contribution in [2.75, 3.05) is 5.32 Å². The molecule has 0 aliphatic heterocycles. The number of thiocarbonyl (C=S) groups is 1. The molecule has 0 heterocycles. The van der Waals surface area contributed by atoms with Crippen molar-refractivity contribution in [1.82, 2.24) is 5.43 Å². The lowest BCUT2D eigenvalue weighted by Crippen LogP contribution is -2.23. The third-order valence-electron chi connectivity index (χ3n) is 3.29. The maximum atomic E-state index is 5.20. The van der Waals surface area contributed by atoms with Crippen LogP contribution >= 0.6 is 12.2 Å². The summed E-state index contributed by atoms with van der Waals surface area (Å²) in [6.45, 7) is 6.41. The van der Waals surface area contributed by atoms with Crippen molar-refractivity contribution in [2.45, 2.75) is 26.7 Å². The Morgan fingerprint density at radius 2 is 1.68 bits per heavy atom. The molecule has 0 unspecified atom stereocenters. The van der Waals surface area contributed by atoms with Gasteiger partial charge in [0, 0.05) is 5.69 Å². The molecule has 0 aliphatic carbocycles. The SMILES string of the molecule is Cc1ccc(NC(=S)N/N=C\c2ccc(C(C)C)cc2)cc1. The number of benzene rings is 2. The van der Waals surface area contributed by atoms with Gasteiger partial charge >= 0.3 is 0 Å². The standard InChI is InChI=1S/C18H21N3S/c1-13(2)16-8-6-15(7-9-16)12-19-21-18(22)20-17-10-4-14(3)5-11-17/h4-13H,1-3H3,(H2,20,21,22)/b19-12-. The Kier molecular flexibility index (Phi) is 5.67. The van der Waals surface area contributed by atoms with E-state index in [4.69, 9.17) is 12.2 Å². The van der Waals surface area contributed by atoms with E-state index in [1.165, 1.54) is 11.1 Å². The van der Waals surface area contributed by atoms with Crippen molar-refractivity contribution in [1.29, 1.82) is 0 Å². The molecule has 0 amide bonds. The first-order valence-corrected chi connectivity index (χ1v) is 7.72. The van der Waals surface area contributed by atoms with Crippen molar-refractivity contribution in [3.63, 3.8) is 0 Å². The highest BCUT2D eigenvalue weighted by Crippen LogP contribution is 2.13. The molecule has 2 aromatic carbocycles. The number of aryl methyl sites for hydroxylation is 1. The van der Waals surface area contributed by atoms with Crippen LogP contribution in [0.1, 0.15) is 36.5 Å². The first-order valence-electron chi connectivity index (χ1n) is 7.31. The summed E-state index contributed by atoms with van der Waals surface area (Å²) >= 11 is 5.20. The zero-order valence-corrected chi connectivity index (χ0v) is 13.9. The van der Waals surface area contributed by atoms with Crippen LogP contribution in [-0.4, -0.2) is 11.3 Å². The molecule has 0 aromatic heterocycles. The highest BCUT2D eigenvalue weighted by molar-refractivity contribution is 7.80. The summed E-state index contributed by atoms with van der Waals surface area (Å²) in [5.74, 6) is 0.537. The van der Waals surface area contributed by atoms with Gasteiger partial charge in [-0.15, -0.1) is 0 Å². The molecule has 3 nitrogen and oxygen atoms in total. The van der Waals surface area contributed by atoms with Crippen LogP contribution in [0.2, 0.25) is 0 Å². The molecule has 4 heteroatoms. The Labute approximate surface area is 137 Å². The van der Waals surface area contributed by atoms with Gasteiger partial charge in [-0.2, -0.15) is 5.10 Å². The zero-order chi connectivity index (χ0) is 15.9. The molecular formula is C18H21N3S. The van der Waals surface area contributed by atoms with Gasteiger partial charge in [0.15, 0.2) is 5.11 Å². The van der Waals surface area contributed by atoms with Gasteiger partial charge in [0.2, 0.25) is 0 Å². The largest absolute Gasteiger partial charge is 0.331 e. The minimum atomic E-state index is 0.471. The number of nitrogens with one attached hydrogen (secondary N) is 2. The number of hydrogen-bond acceptors (Lipinski definition) is 2. The second kappa shape index (κ2) is 7.71. The van der Waals surface area contributed by atoms with Gasteiger partial charge < -0.3 is 5.32 Å². The van der Waals surface area contributed by atoms with Crippen LogP contribution in [0, 0.1) is 6.92 Å². The van der Waals surface area contributed by atoms with E-state index in [1.54, 1.807) is 6.21 Å². The van der Waals surface area contributed by atoms with Gasteiger partial charge in [-0.05, 0) is 48.3 Å². The van der Waals surface area contributed by atoms with E-state index in [9.17, 15) is 0 Å². The molecule has 2 N–H and O–H groups in total. The fourth-order valence-electron chi connectivity index (χ4n) is 1.93. The topological polar surface area (TPSA) is 36.4 Å². The average molecular weight is 311 g/mol.